The number of benzene rings is 2. The van der Waals surface area contributed by atoms with Crippen molar-refractivity contribution in [3.8, 4) is 5.75 Å². The average Bonchev–Trinajstić information content (AvgIpc) is 2.99. The van der Waals surface area contributed by atoms with Crippen molar-refractivity contribution in [1.82, 2.24) is 4.98 Å². The normalized spacial score (nSPS) is 10.6. The van der Waals surface area contributed by atoms with Crippen LogP contribution in [0.15, 0.2) is 36.4 Å². The second-order valence-electron chi connectivity index (χ2n) is 6.25. The molecule has 144 valence electrons. The standard InChI is InChI=1S/C21H19NO6/c1-11-12(2)22-18-6-5-13(10-17(11)18)21(25)28-16-8-14(19(23)26-3)7-15(9-16)20(24)27-4/h5-10,22H,1-4H3. The SMILES string of the molecule is COC(=O)c1cc(OC(=O)c2ccc3[nH]c(C)c(C)c3c2)cc(C(=O)OC)c1. The number of hydrogen-bond donors (Lipinski definition) is 1. The summed E-state index contributed by atoms with van der Waals surface area (Å²) < 4.78 is 14.8. The van der Waals surface area contributed by atoms with Gasteiger partial charge in [-0.3, -0.25) is 0 Å². The first kappa shape index (κ1) is 19.2. The molecule has 1 N–H and O–H groups in total. The summed E-state index contributed by atoms with van der Waals surface area (Å²) in [5.74, 6) is -1.90. The van der Waals surface area contributed by atoms with E-state index in [1.807, 2.05) is 13.8 Å². The zero-order chi connectivity index (χ0) is 20.4. The summed E-state index contributed by atoms with van der Waals surface area (Å²) in [6, 6.07) is 9.16. The number of carbonyl (C=O) groups excluding carboxylic acids is 3. The number of fused-ring (bicyclic) bond motifs is 1. The lowest BCUT2D eigenvalue weighted by molar-refractivity contribution is 0.0593. The van der Waals surface area contributed by atoms with Gasteiger partial charge < -0.3 is 19.2 Å². The summed E-state index contributed by atoms with van der Waals surface area (Å²) in [5, 5.41) is 0.922. The number of carbonyl (C=O) groups is 3. The smallest absolute Gasteiger partial charge is 0.343 e. The zero-order valence-corrected chi connectivity index (χ0v) is 15.9. The molecule has 0 aliphatic rings. The molecule has 0 radical (unpaired) electrons. The lowest BCUT2D eigenvalue weighted by Crippen LogP contribution is -2.11. The first-order valence-corrected chi connectivity index (χ1v) is 8.47. The van der Waals surface area contributed by atoms with Crippen LogP contribution in [0.25, 0.3) is 10.9 Å². The van der Waals surface area contributed by atoms with Crippen molar-refractivity contribution in [1.29, 1.82) is 0 Å². The molecule has 0 saturated heterocycles. The summed E-state index contributed by atoms with van der Waals surface area (Å²) >= 11 is 0. The molecule has 3 aromatic rings. The van der Waals surface area contributed by atoms with Gasteiger partial charge in [-0.1, -0.05) is 0 Å². The second-order valence-corrected chi connectivity index (χ2v) is 6.25. The highest BCUT2D eigenvalue weighted by atomic mass is 16.5. The summed E-state index contributed by atoms with van der Waals surface area (Å²) in [6.07, 6.45) is 0. The predicted molar refractivity (Wildman–Crippen MR) is 102 cm³/mol. The van der Waals surface area contributed by atoms with E-state index in [1.54, 1.807) is 18.2 Å². The molecular formula is C21H19NO6. The van der Waals surface area contributed by atoms with Gasteiger partial charge >= 0.3 is 17.9 Å². The van der Waals surface area contributed by atoms with Gasteiger partial charge in [0.05, 0.1) is 30.9 Å². The van der Waals surface area contributed by atoms with Crippen molar-refractivity contribution in [3.05, 3.63) is 64.3 Å². The number of H-pyrrole nitrogens is 1. The van der Waals surface area contributed by atoms with Crippen LogP contribution in [0.1, 0.15) is 42.3 Å². The fraction of sp³-hybridized carbons (Fsp3) is 0.190. The Morgan fingerprint density at radius 3 is 1.96 bits per heavy atom. The number of nitrogens with one attached hydrogen (secondary N) is 1. The molecule has 0 fully saturated rings. The van der Waals surface area contributed by atoms with Crippen LogP contribution in [0.4, 0.5) is 0 Å². The molecule has 0 atom stereocenters. The average molecular weight is 381 g/mol. The van der Waals surface area contributed by atoms with Crippen LogP contribution in [0.5, 0.6) is 5.75 Å². The molecule has 1 aromatic heterocycles. The molecule has 0 aliphatic heterocycles. The summed E-state index contributed by atoms with van der Waals surface area (Å²) in [4.78, 5) is 39.6. The van der Waals surface area contributed by atoms with Gasteiger partial charge in [-0.05, 0) is 55.8 Å². The summed E-state index contributed by atoms with van der Waals surface area (Å²) in [5.41, 5.74) is 3.48. The molecule has 7 heteroatoms. The number of esters is 3. The van der Waals surface area contributed by atoms with Gasteiger partial charge in [0, 0.05) is 16.6 Å². The minimum absolute atomic E-state index is 0.0374. The third-order valence-corrected chi connectivity index (χ3v) is 4.50. The van der Waals surface area contributed by atoms with E-state index in [-0.39, 0.29) is 16.9 Å². The Kier molecular flexibility index (Phi) is 5.17. The van der Waals surface area contributed by atoms with E-state index in [2.05, 4.69) is 14.5 Å². The van der Waals surface area contributed by atoms with Crippen LogP contribution < -0.4 is 4.74 Å². The third kappa shape index (κ3) is 3.59. The van der Waals surface area contributed by atoms with Crippen molar-refractivity contribution in [3.63, 3.8) is 0 Å². The molecular weight excluding hydrogens is 362 g/mol. The fourth-order valence-electron chi connectivity index (χ4n) is 2.88. The molecule has 28 heavy (non-hydrogen) atoms. The zero-order valence-electron chi connectivity index (χ0n) is 15.9. The Morgan fingerprint density at radius 2 is 1.39 bits per heavy atom. The van der Waals surface area contributed by atoms with Crippen molar-refractivity contribution in [2.75, 3.05) is 14.2 Å². The van der Waals surface area contributed by atoms with Crippen molar-refractivity contribution in [2.24, 2.45) is 0 Å². The fourth-order valence-corrected chi connectivity index (χ4v) is 2.88. The maximum atomic E-state index is 12.6. The van der Waals surface area contributed by atoms with Gasteiger partial charge in [0.1, 0.15) is 5.75 Å². The lowest BCUT2D eigenvalue weighted by atomic mass is 10.1. The highest BCUT2D eigenvalue weighted by Gasteiger charge is 2.17. The number of methoxy groups -OCH3 is 2. The summed E-state index contributed by atoms with van der Waals surface area (Å²) in [7, 11) is 2.44. The Morgan fingerprint density at radius 1 is 0.786 bits per heavy atom. The number of aromatic nitrogens is 1. The highest BCUT2D eigenvalue weighted by Crippen LogP contribution is 2.24. The van der Waals surface area contributed by atoms with Crippen LogP contribution in [-0.4, -0.2) is 37.1 Å². The molecule has 0 saturated carbocycles. The Bertz CT molecular complexity index is 1060. The van der Waals surface area contributed by atoms with Gasteiger partial charge in [-0.25, -0.2) is 14.4 Å². The first-order valence-electron chi connectivity index (χ1n) is 8.47. The second kappa shape index (κ2) is 7.56. The van der Waals surface area contributed by atoms with E-state index in [9.17, 15) is 14.4 Å². The van der Waals surface area contributed by atoms with Crippen molar-refractivity contribution < 1.29 is 28.6 Å². The quantitative estimate of drug-likeness (QED) is 0.548. The van der Waals surface area contributed by atoms with Crippen LogP contribution in [0, 0.1) is 13.8 Å². The van der Waals surface area contributed by atoms with E-state index in [4.69, 9.17) is 4.74 Å². The number of aromatic amines is 1. The number of rotatable bonds is 4. The number of ether oxygens (including phenoxy) is 3. The van der Waals surface area contributed by atoms with E-state index < -0.39 is 17.9 Å². The van der Waals surface area contributed by atoms with Crippen LogP contribution in [0.3, 0.4) is 0 Å². The maximum Gasteiger partial charge on any atom is 0.343 e. The van der Waals surface area contributed by atoms with Crippen molar-refractivity contribution >= 4 is 28.8 Å². The largest absolute Gasteiger partial charge is 0.465 e. The Balaban J connectivity index is 1.95. The predicted octanol–water partition coefficient (Wildman–Crippen LogP) is 3.58. The summed E-state index contributed by atoms with van der Waals surface area (Å²) in [6.45, 7) is 3.92. The van der Waals surface area contributed by atoms with E-state index in [0.717, 1.165) is 22.2 Å². The molecule has 0 spiro atoms. The maximum absolute atomic E-state index is 12.6. The van der Waals surface area contributed by atoms with Crippen LogP contribution in [0.2, 0.25) is 0 Å². The minimum Gasteiger partial charge on any atom is -0.465 e. The number of hydrogen-bond acceptors (Lipinski definition) is 6. The molecule has 0 unspecified atom stereocenters. The van der Waals surface area contributed by atoms with Gasteiger partial charge in [0.2, 0.25) is 0 Å². The molecule has 0 amide bonds. The molecule has 2 aromatic carbocycles. The van der Waals surface area contributed by atoms with Crippen LogP contribution in [-0.2, 0) is 9.47 Å². The third-order valence-electron chi connectivity index (χ3n) is 4.50. The Labute approximate surface area is 161 Å². The van der Waals surface area contributed by atoms with E-state index in [0.29, 0.717) is 5.56 Å². The topological polar surface area (TPSA) is 94.7 Å². The highest BCUT2D eigenvalue weighted by molar-refractivity contribution is 5.99. The molecule has 0 bridgehead atoms. The van der Waals surface area contributed by atoms with Gasteiger partial charge in [-0.15, -0.1) is 0 Å². The van der Waals surface area contributed by atoms with Crippen molar-refractivity contribution in [2.45, 2.75) is 13.8 Å². The minimum atomic E-state index is -0.664. The van der Waals surface area contributed by atoms with E-state index in [1.165, 1.54) is 32.4 Å². The molecule has 1 heterocycles. The molecule has 7 nitrogen and oxygen atoms in total. The molecule has 3 rings (SSSR count). The number of aryl methyl sites for hydroxylation is 2. The lowest BCUT2D eigenvalue weighted by Gasteiger charge is -2.09. The first-order chi connectivity index (χ1) is 13.3. The van der Waals surface area contributed by atoms with Gasteiger partial charge in [-0.2, -0.15) is 0 Å². The van der Waals surface area contributed by atoms with Crippen LogP contribution >= 0.6 is 0 Å². The molecule has 0 aliphatic carbocycles. The Hall–Kier alpha value is -3.61. The van der Waals surface area contributed by atoms with E-state index >= 15 is 0 Å². The monoisotopic (exact) mass is 381 g/mol. The van der Waals surface area contributed by atoms with Gasteiger partial charge in [0.15, 0.2) is 0 Å². The van der Waals surface area contributed by atoms with Gasteiger partial charge in [0.25, 0.3) is 0 Å².